The molecule has 1 fully saturated rings. The smallest absolute Gasteiger partial charge is 0.313 e. The van der Waals surface area contributed by atoms with Gasteiger partial charge in [-0.2, -0.15) is 16.8 Å². The minimum atomic E-state index is -3.73. The molecule has 0 saturated carbocycles. The first-order valence-electron chi connectivity index (χ1n) is 29.8. The van der Waals surface area contributed by atoms with Crippen LogP contribution in [-0.2, 0) is 85.6 Å². The van der Waals surface area contributed by atoms with Gasteiger partial charge in [0.1, 0.15) is 0 Å². The molecule has 1 heterocycles. The second-order valence-corrected chi connectivity index (χ2v) is 34.3. The van der Waals surface area contributed by atoms with Crippen LogP contribution in [-0.4, -0.2) is 126 Å². The molecule has 0 radical (unpaired) electrons. The number of hydrogen-bond donors (Lipinski definition) is 0. The lowest BCUT2D eigenvalue weighted by Gasteiger charge is -2.52. The van der Waals surface area contributed by atoms with Crippen molar-refractivity contribution in [3.05, 3.63) is 216 Å². The zero-order valence-electron chi connectivity index (χ0n) is 54.0. The highest BCUT2D eigenvalue weighted by atomic mass is 79.9. The molecule has 0 amide bonds. The standard InChI is InChI=1S/C22H30Br2NO6PS.C19H22Br2NO3P.C16H15Br2N3O3S.C6H15O3P/c1-5-28-32(29-6-2,30-7-3)25-16-22(17-31-33(4,26)27,18-10-8-12-20(23)14-18)19-11-9-13-21(24)15-19;1-3-24-26(23,25-4-2)22-13-19(14-22,15-7-5-9-17(20)11-15)16-8-6-10-18(21)12-16;1-25(22,23)24-11-16(10-20-21-19,12-4-2-6-14(17)8-12)13-5-3-7-15(18)9-13;1-4-7-10(8-5-2)9-6-3/h8-15H,5-7,16-17H2,1-4H3;5-12H,3-4,13-14H2,1-2H3;2-9H,10-11H2,1H3;4-6H2,1-3H3. The number of hydrogen-bond acceptors (Lipinski definition) is 17. The Morgan fingerprint density at radius 2 is 0.798 bits per heavy atom. The Morgan fingerprint density at radius 3 is 1.07 bits per heavy atom. The van der Waals surface area contributed by atoms with Gasteiger partial charge in [0.25, 0.3) is 20.2 Å². The summed E-state index contributed by atoms with van der Waals surface area (Å²) in [5.74, 6) is 0. The van der Waals surface area contributed by atoms with Crippen molar-refractivity contribution in [2.75, 3.05) is 105 Å². The fraction of sp³-hybridized carbons (Fsp3) is 0.429. The predicted octanol–water partition coefficient (Wildman–Crippen LogP) is 19.6. The Hall–Kier alpha value is -2.14. The fourth-order valence-electron chi connectivity index (χ4n) is 9.58. The minimum absolute atomic E-state index is 0.00588. The first-order chi connectivity index (χ1) is 44.6. The monoisotopic (exact) mass is 1780 g/mol. The molecule has 0 atom stereocenters. The average molecular weight is 1790 g/mol. The van der Waals surface area contributed by atoms with E-state index in [1.807, 2.05) is 181 Å². The van der Waals surface area contributed by atoms with Gasteiger partial charge in [0.05, 0.1) is 96.0 Å². The normalized spacial score (nSPS) is 13.5. The molecular weight excluding hydrogens is 1700 g/mol. The van der Waals surface area contributed by atoms with E-state index in [1.165, 1.54) is 11.1 Å². The van der Waals surface area contributed by atoms with E-state index in [9.17, 15) is 21.4 Å². The third kappa shape index (κ3) is 26.1. The van der Waals surface area contributed by atoms with Gasteiger partial charge in [-0.3, -0.25) is 17.4 Å². The highest BCUT2D eigenvalue weighted by Crippen LogP contribution is 2.60. The van der Waals surface area contributed by atoms with Crippen molar-refractivity contribution in [2.45, 2.75) is 71.6 Å². The maximum Gasteiger partial charge on any atom is 0.408 e. The molecular formula is C63H82Br6N5O15P3S2. The van der Waals surface area contributed by atoms with Gasteiger partial charge in [-0.1, -0.05) is 173 Å². The summed E-state index contributed by atoms with van der Waals surface area (Å²) in [6.45, 7) is 19.7. The SMILES string of the molecule is CCOP(=NCC(COS(C)(=O)=O)(c1cccc(Br)c1)c1cccc(Br)c1)(OCC)OCC.CCOP(=O)(OCC)N1CC(c2cccc(Br)c2)(c2cccc(Br)c2)C1.CCOP(OCC)OCC.CS(=O)(=O)OCC(CN=[N+]=[N-])(c1cccc(Br)c1)c1cccc(Br)c1. The van der Waals surface area contributed by atoms with Crippen LogP contribution in [0.15, 0.2) is 182 Å². The van der Waals surface area contributed by atoms with Crippen molar-refractivity contribution >= 4 is 140 Å². The highest BCUT2D eigenvalue weighted by Gasteiger charge is 2.53. The molecule has 31 heteroatoms. The maximum absolute atomic E-state index is 13.1. The number of nitrogens with zero attached hydrogens (tertiary/aromatic N) is 5. The van der Waals surface area contributed by atoms with Gasteiger partial charge in [-0.25, -0.2) is 14.0 Å². The summed E-state index contributed by atoms with van der Waals surface area (Å²) in [6.07, 6.45) is 2.03. The first kappa shape index (κ1) is 84.3. The Balaban J connectivity index is 0.000000282. The molecule has 518 valence electrons. The second-order valence-electron chi connectivity index (χ2n) is 20.3. The fourth-order valence-corrected chi connectivity index (χ4v) is 17.4. The Bertz CT molecular complexity index is 3540. The van der Waals surface area contributed by atoms with Crippen LogP contribution in [0.1, 0.15) is 88.8 Å². The topological polar surface area (TPSA) is 242 Å². The molecule has 1 aliphatic rings. The van der Waals surface area contributed by atoms with Crippen molar-refractivity contribution in [1.29, 1.82) is 0 Å². The van der Waals surface area contributed by atoms with Crippen LogP contribution >= 0.6 is 120 Å². The van der Waals surface area contributed by atoms with Gasteiger partial charge in [-0.05, 0) is 167 Å². The molecule has 0 bridgehead atoms. The summed E-state index contributed by atoms with van der Waals surface area (Å²) in [5.41, 5.74) is 12.2. The zero-order valence-corrected chi connectivity index (χ0v) is 67.9. The van der Waals surface area contributed by atoms with Crippen LogP contribution in [0.3, 0.4) is 0 Å². The van der Waals surface area contributed by atoms with Crippen molar-refractivity contribution in [1.82, 2.24) is 4.67 Å². The van der Waals surface area contributed by atoms with Crippen molar-refractivity contribution in [3.63, 3.8) is 0 Å². The molecule has 0 unspecified atom stereocenters. The third-order valence-electron chi connectivity index (χ3n) is 13.6. The van der Waals surface area contributed by atoms with Gasteiger partial charge in [0.2, 0.25) is 0 Å². The molecule has 6 aromatic carbocycles. The van der Waals surface area contributed by atoms with E-state index < -0.39 is 55.2 Å². The van der Waals surface area contributed by atoms with Crippen molar-refractivity contribution < 1.29 is 66.0 Å². The molecule has 0 aromatic heterocycles. The number of benzene rings is 6. The van der Waals surface area contributed by atoms with Crippen LogP contribution < -0.4 is 0 Å². The molecule has 1 aliphatic heterocycles. The number of halogens is 6. The Kier molecular flexibility index (Phi) is 37.3. The summed E-state index contributed by atoms with van der Waals surface area (Å²) in [5, 5.41) is 3.73. The highest BCUT2D eigenvalue weighted by molar-refractivity contribution is 9.11. The lowest BCUT2D eigenvalue weighted by molar-refractivity contribution is 0.101. The molecule has 1 saturated heterocycles. The summed E-state index contributed by atoms with van der Waals surface area (Å²) in [4.78, 5) is 2.86. The van der Waals surface area contributed by atoms with E-state index >= 15 is 0 Å². The molecule has 94 heavy (non-hydrogen) atoms. The van der Waals surface area contributed by atoms with Gasteiger partial charge in [0.15, 0.2) is 0 Å². The summed E-state index contributed by atoms with van der Waals surface area (Å²) < 4.78 is 127. The van der Waals surface area contributed by atoms with Gasteiger partial charge >= 0.3 is 24.1 Å². The second kappa shape index (κ2) is 41.6. The predicted molar refractivity (Wildman–Crippen MR) is 396 cm³/mol. The van der Waals surface area contributed by atoms with E-state index in [1.54, 1.807) is 0 Å². The summed E-state index contributed by atoms with van der Waals surface area (Å²) in [7, 11) is -14.7. The molecule has 6 aromatic rings. The Labute approximate surface area is 607 Å². The van der Waals surface area contributed by atoms with Crippen LogP contribution in [0.2, 0.25) is 0 Å². The minimum Gasteiger partial charge on any atom is -0.313 e. The lowest BCUT2D eigenvalue weighted by Crippen LogP contribution is -2.58. The summed E-state index contributed by atoms with van der Waals surface area (Å²) >= 11 is 21.1. The zero-order chi connectivity index (χ0) is 69.6. The van der Waals surface area contributed by atoms with E-state index in [2.05, 4.69) is 130 Å². The van der Waals surface area contributed by atoms with Gasteiger partial charge in [0, 0.05) is 56.8 Å². The Morgan fingerprint density at radius 1 is 0.489 bits per heavy atom. The van der Waals surface area contributed by atoms with E-state index in [-0.39, 0.29) is 31.7 Å². The van der Waals surface area contributed by atoms with E-state index in [4.69, 9.17) is 54.8 Å². The largest absolute Gasteiger partial charge is 0.408 e. The number of azide groups is 1. The lowest BCUT2D eigenvalue weighted by atomic mass is 9.70. The van der Waals surface area contributed by atoms with Crippen molar-refractivity contribution in [3.8, 4) is 0 Å². The molecule has 20 nitrogen and oxygen atoms in total. The van der Waals surface area contributed by atoms with Crippen LogP contribution in [0, 0.1) is 0 Å². The van der Waals surface area contributed by atoms with Crippen LogP contribution in [0.5, 0.6) is 0 Å². The maximum atomic E-state index is 13.1. The van der Waals surface area contributed by atoms with Crippen LogP contribution in [0.4, 0.5) is 0 Å². The van der Waals surface area contributed by atoms with Gasteiger partial charge in [-0.15, -0.1) is 0 Å². The van der Waals surface area contributed by atoms with Gasteiger partial charge < -0.3 is 27.1 Å². The van der Waals surface area contributed by atoms with E-state index in [0.29, 0.717) is 65.9 Å². The molecule has 0 aliphatic carbocycles. The number of rotatable bonds is 33. The molecule has 7 rings (SSSR count). The third-order valence-corrected chi connectivity index (χ3v) is 23.5. The molecule has 0 N–H and O–H groups in total. The molecule has 0 spiro atoms. The van der Waals surface area contributed by atoms with Crippen molar-refractivity contribution in [2.24, 2.45) is 9.86 Å². The first-order valence-corrected chi connectivity index (χ1v) is 42.2. The quantitative estimate of drug-likeness (QED) is 0.0122. The summed E-state index contributed by atoms with van der Waals surface area (Å²) in [6, 6.07) is 46.7. The average Bonchev–Trinajstić information content (AvgIpc) is 0.729. The van der Waals surface area contributed by atoms with Crippen LogP contribution in [0.25, 0.3) is 10.4 Å². The van der Waals surface area contributed by atoms with E-state index in [0.717, 1.165) is 61.6 Å².